The van der Waals surface area contributed by atoms with Gasteiger partial charge in [0.25, 0.3) is 5.56 Å². The van der Waals surface area contributed by atoms with Crippen LogP contribution in [-0.2, 0) is 4.74 Å². The first-order valence-electron chi connectivity index (χ1n) is 7.87. The summed E-state index contributed by atoms with van der Waals surface area (Å²) in [5, 5.41) is 18.4. The molecule has 1 aliphatic rings. The van der Waals surface area contributed by atoms with Gasteiger partial charge in [0.1, 0.15) is 18.1 Å². The zero-order valence-corrected chi connectivity index (χ0v) is 13.9. The van der Waals surface area contributed by atoms with Gasteiger partial charge in [0.15, 0.2) is 11.2 Å². The molecule has 13 nitrogen and oxygen atoms in total. The Balaban J connectivity index is 0.000000166. The number of nitrogens with one attached hydrogen (secondary N) is 2. The van der Waals surface area contributed by atoms with Gasteiger partial charge in [-0.25, -0.2) is 9.78 Å². The second-order valence-electron chi connectivity index (χ2n) is 5.71. The van der Waals surface area contributed by atoms with Crippen LogP contribution < -0.4 is 22.7 Å². The van der Waals surface area contributed by atoms with Crippen molar-refractivity contribution >= 4 is 22.9 Å². The first-order chi connectivity index (χ1) is 12.9. The van der Waals surface area contributed by atoms with Crippen molar-refractivity contribution in [3.8, 4) is 0 Å². The molecular weight excluding hydrogens is 360 g/mol. The molecule has 4 rings (SSSR count). The molecule has 144 valence electrons. The SMILES string of the molecule is Nc1ccn([C@H]2C[C@H](O)[C@@H](CO)O2)c(=O)n1.Nc1nc2nc[nH]c2c(=O)[nH]1. The molecular formula is C14H18N8O5. The fourth-order valence-electron chi connectivity index (χ4n) is 2.56. The smallest absolute Gasteiger partial charge is 0.351 e. The average Bonchev–Trinajstić information content (AvgIpc) is 3.21. The number of nitrogens with zero attached hydrogens (tertiary/aromatic N) is 4. The standard InChI is InChI=1S/C9H13N3O4.C5H5N5O/c10-7-1-2-12(9(15)11-7)8-3-5(14)6(4-13)16-8;6-5-9-3-2(4(11)10-5)7-1-8-3/h1-2,5-6,8,13-14H,3-4H2,(H2,10,11,15);1H,(H4,6,7,8,9,10,11)/t5-,6+,8+;/m0./s1. The maximum atomic E-state index is 11.5. The van der Waals surface area contributed by atoms with E-state index in [0.717, 1.165) is 0 Å². The molecule has 0 radical (unpaired) electrons. The van der Waals surface area contributed by atoms with E-state index < -0.39 is 24.1 Å². The van der Waals surface area contributed by atoms with Crippen LogP contribution in [-0.4, -0.2) is 58.5 Å². The third-order valence-corrected chi connectivity index (χ3v) is 3.86. The number of aliphatic hydroxyl groups is 2. The lowest BCUT2D eigenvalue weighted by molar-refractivity contribution is -0.0458. The minimum Gasteiger partial charge on any atom is -0.394 e. The minimum absolute atomic E-state index is 0.0783. The summed E-state index contributed by atoms with van der Waals surface area (Å²) >= 11 is 0. The molecule has 8 N–H and O–H groups in total. The van der Waals surface area contributed by atoms with Crippen molar-refractivity contribution in [1.29, 1.82) is 0 Å². The van der Waals surface area contributed by atoms with E-state index in [-0.39, 0.29) is 30.4 Å². The van der Waals surface area contributed by atoms with E-state index in [1.165, 1.54) is 23.2 Å². The molecule has 3 aromatic rings. The van der Waals surface area contributed by atoms with E-state index in [0.29, 0.717) is 11.2 Å². The fraction of sp³-hybridized carbons (Fsp3) is 0.357. The molecule has 0 aliphatic carbocycles. The summed E-state index contributed by atoms with van der Waals surface area (Å²) in [6, 6.07) is 1.48. The largest absolute Gasteiger partial charge is 0.394 e. The molecule has 1 fully saturated rings. The summed E-state index contributed by atoms with van der Waals surface area (Å²) < 4.78 is 6.56. The Morgan fingerprint density at radius 2 is 2.11 bits per heavy atom. The Labute approximate surface area is 150 Å². The van der Waals surface area contributed by atoms with Crippen molar-refractivity contribution in [3.63, 3.8) is 0 Å². The number of hydrogen-bond acceptors (Lipinski definition) is 10. The number of hydrogen-bond donors (Lipinski definition) is 6. The zero-order valence-electron chi connectivity index (χ0n) is 13.9. The molecule has 3 atom stereocenters. The molecule has 1 saturated heterocycles. The number of rotatable bonds is 2. The van der Waals surface area contributed by atoms with E-state index in [1.54, 1.807) is 0 Å². The van der Waals surface area contributed by atoms with Crippen LogP contribution in [0.1, 0.15) is 12.6 Å². The van der Waals surface area contributed by atoms with Crippen LogP contribution in [0.2, 0.25) is 0 Å². The van der Waals surface area contributed by atoms with Crippen molar-refractivity contribution in [3.05, 3.63) is 39.4 Å². The number of aromatic amines is 2. The van der Waals surface area contributed by atoms with Crippen LogP contribution in [0.4, 0.5) is 11.8 Å². The van der Waals surface area contributed by atoms with Gasteiger partial charge in [-0.05, 0) is 6.07 Å². The van der Waals surface area contributed by atoms with Gasteiger partial charge in [-0.15, -0.1) is 0 Å². The third kappa shape index (κ3) is 3.94. The van der Waals surface area contributed by atoms with Gasteiger partial charge in [0, 0.05) is 12.6 Å². The molecule has 0 spiro atoms. The lowest BCUT2D eigenvalue weighted by Gasteiger charge is -2.13. The Kier molecular flexibility index (Phi) is 5.16. The first kappa shape index (κ1) is 18.5. The number of ether oxygens (including phenoxy) is 1. The van der Waals surface area contributed by atoms with Crippen LogP contribution in [0.5, 0.6) is 0 Å². The molecule has 0 bridgehead atoms. The molecule has 0 aromatic carbocycles. The second-order valence-corrected chi connectivity index (χ2v) is 5.71. The van der Waals surface area contributed by atoms with Crippen LogP contribution in [0.3, 0.4) is 0 Å². The van der Waals surface area contributed by atoms with Gasteiger partial charge in [-0.3, -0.25) is 14.3 Å². The molecule has 4 heterocycles. The highest BCUT2D eigenvalue weighted by atomic mass is 16.5. The average molecular weight is 378 g/mol. The Morgan fingerprint density at radius 3 is 2.78 bits per heavy atom. The van der Waals surface area contributed by atoms with E-state index in [1.807, 2.05) is 0 Å². The summed E-state index contributed by atoms with van der Waals surface area (Å²) in [5.41, 5.74) is 10.5. The van der Waals surface area contributed by atoms with E-state index in [9.17, 15) is 14.7 Å². The zero-order chi connectivity index (χ0) is 19.6. The van der Waals surface area contributed by atoms with Crippen LogP contribution in [0.15, 0.2) is 28.2 Å². The van der Waals surface area contributed by atoms with Gasteiger partial charge >= 0.3 is 5.69 Å². The Bertz CT molecular complexity index is 1040. The number of H-pyrrole nitrogens is 2. The van der Waals surface area contributed by atoms with E-state index in [4.69, 9.17) is 21.3 Å². The van der Waals surface area contributed by atoms with E-state index >= 15 is 0 Å². The summed E-state index contributed by atoms with van der Waals surface area (Å²) in [4.78, 5) is 38.6. The molecule has 0 saturated carbocycles. The number of anilines is 2. The van der Waals surface area contributed by atoms with Crippen molar-refractivity contribution in [1.82, 2.24) is 29.5 Å². The maximum Gasteiger partial charge on any atom is 0.351 e. The summed E-state index contributed by atoms with van der Waals surface area (Å²) in [7, 11) is 0. The number of nitrogens with two attached hydrogens (primary N) is 2. The van der Waals surface area contributed by atoms with Crippen molar-refractivity contribution in [2.24, 2.45) is 0 Å². The monoisotopic (exact) mass is 378 g/mol. The lowest BCUT2D eigenvalue weighted by Crippen LogP contribution is -2.27. The van der Waals surface area contributed by atoms with Crippen molar-refractivity contribution < 1.29 is 14.9 Å². The fourth-order valence-corrected chi connectivity index (χ4v) is 2.56. The van der Waals surface area contributed by atoms with Crippen LogP contribution >= 0.6 is 0 Å². The molecule has 13 heteroatoms. The Morgan fingerprint density at radius 1 is 1.33 bits per heavy atom. The quantitative estimate of drug-likeness (QED) is 0.280. The van der Waals surface area contributed by atoms with Gasteiger partial charge < -0.3 is 31.4 Å². The maximum absolute atomic E-state index is 11.5. The lowest BCUT2D eigenvalue weighted by atomic mass is 10.2. The van der Waals surface area contributed by atoms with Crippen molar-refractivity contribution in [2.45, 2.75) is 24.9 Å². The van der Waals surface area contributed by atoms with E-state index in [2.05, 4.69) is 24.9 Å². The molecule has 1 aliphatic heterocycles. The number of aromatic nitrogens is 6. The minimum atomic E-state index is -0.778. The highest BCUT2D eigenvalue weighted by Gasteiger charge is 2.34. The molecule has 0 amide bonds. The summed E-state index contributed by atoms with van der Waals surface area (Å²) in [5.74, 6) is 0.216. The Hall–Kier alpha value is -3.29. The highest BCUT2D eigenvalue weighted by Crippen LogP contribution is 2.27. The number of aliphatic hydroxyl groups excluding tert-OH is 2. The van der Waals surface area contributed by atoms with Gasteiger partial charge in [0.05, 0.1) is 19.0 Å². The normalized spacial score (nSPS) is 21.8. The van der Waals surface area contributed by atoms with Gasteiger partial charge in [0.2, 0.25) is 5.95 Å². The van der Waals surface area contributed by atoms with Crippen molar-refractivity contribution in [2.75, 3.05) is 18.1 Å². The topological polar surface area (TPSA) is 211 Å². The third-order valence-electron chi connectivity index (χ3n) is 3.86. The highest BCUT2D eigenvalue weighted by molar-refractivity contribution is 5.69. The number of fused-ring (bicyclic) bond motifs is 1. The second kappa shape index (κ2) is 7.53. The number of imidazole rings is 1. The molecule has 27 heavy (non-hydrogen) atoms. The van der Waals surface area contributed by atoms with Gasteiger partial charge in [-0.2, -0.15) is 9.97 Å². The predicted octanol–water partition coefficient (Wildman–Crippen LogP) is -2.31. The van der Waals surface area contributed by atoms with Gasteiger partial charge in [-0.1, -0.05) is 0 Å². The van der Waals surface area contributed by atoms with Crippen LogP contribution in [0.25, 0.3) is 11.2 Å². The van der Waals surface area contributed by atoms with Crippen LogP contribution in [0, 0.1) is 0 Å². The predicted molar refractivity (Wildman–Crippen MR) is 93.5 cm³/mol. The summed E-state index contributed by atoms with van der Waals surface area (Å²) in [6.45, 7) is -0.283. The molecule has 0 unspecified atom stereocenters. The molecule has 3 aromatic heterocycles. The first-order valence-corrected chi connectivity index (χ1v) is 7.87. The number of nitrogen functional groups attached to an aromatic ring is 2. The summed E-state index contributed by atoms with van der Waals surface area (Å²) in [6.07, 6.45) is 1.06.